The molecule has 0 saturated carbocycles. The molecule has 0 rings (SSSR count). The van der Waals surface area contributed by atoms with Gasteiger partial charge in [-0.1, -0.05) is 13.3 Å². The van der Waals surface area contributed by atoms with Crippen LogP contribution in [-0.2, 0) is 9.53 Å². The van der Waals surface area contributed by atoms with E-state index in [-0.39, 0.29) is 5.97 Å². The third-order valence-electron chi connectivity index (χ3n) is 0.803. The van der Waals surface area contributed by atoms with Gasteiger partial charge in [0, 0.05) is 14.0 Å². The van der Waals surface area contributed by atoms with E-state index in [9.17, 15) is 4.79 Å². The third-order valence-corrected chi connectivity index (χ3v) is 0.803. The molecule has 86 valence electrons. The first-order chi connectivity index (χ1) is 6.50. The number of esters is 1. The lowest BCUT2D eigenvalue weighted by Gasteiger charge is -1.96. The van der Waals surface area contributed by atoms with E-state index in [2.05, 4.69) is 11.7 Å². The van der Waals surface area contributed by atoms with Gasteiger partial charge in [-0.25, -0.2) is 0 Å². The van der Waals surface area contributed by atoms with Gasteiger partial charge in [0.15, 0.2) is 0 Å². The summed E-state index contributed by atoms with van der Waals surface area (Å²) >= 11 is 0. The number of carbonyl (C=O) groups excluding carboxylic acids is 1. The summed E-state index contributed by atoms with van der Waals surface area (Å²) in [6, 6.07) is 0. The number of carbonyl (C=O) groups is 1. The monoisotopic (exact) mass is 211 g/mol. The van der Waals surface area contributed by atoms with Crippen molar-refractivity contribution in [1.29, 1.82) is 0 Å². The van der Waals surface area contributed by atoms with Crippen LogP contribution in [0.15, 0.2) is 0 Å². The fourth-order valence-electron chi connectivity index (χ4n) is 0.360. The van der Waals surface area contributed by atoms with Crippen molar-refractivity contribution in [2.45, 2.75) is 26.7 Å². The van der Waals surface area contributed by atoms with Crippen LogP contribution in [0.3, 0.4) is 0 Å². The summed E-state index contributed by atoms with van der Waals surface area (Å²) in [5.74, 6) is -0.182. The van der Waals surface area contributed by atoms with E-state index in [4.69, 9.17) is 20.4 Å². The van der Waals surface area contributed by atoms with Crippen molar-refractivity contribution in [2.24, 2.45) is 0 Å². The minimum absolute atomic E-state index is 0.182. The van der Waals surface area contributed by atoms with Gasteiger partial charge >= 0.3 is 5.97 Å². The minimum Gasteiger partial charge on any atom is -0.466 e. The van der Waals surface area contributed by atoms with Gasteiger partial charge < -0.3 is 15.1 Å². The second kappa shape index (κ2) is 17.6. The van der Waals surface area contributed by atoms with E-state index in [1.807, 2.05) is 0 Å². The molecular formula is C7H17NO6. The summed E-state index contributed by atoms with van der Waals surface area (Å²) in [5, 5.41) is 20.6. The second-order valence-corrected chi connectivity index (χ2v) is 1.93. The van der Waals surface area contributed by atoms with E-state index in [1.54, 1.807) is 0 Å². The first kappa shape index (κ1) is 18.4. The van der Waals surface area contributed by atoms with Crippen LogP contribution in [0.2, 0.25) is 0 Å². The molecule has 0 aromatic rings. The van der Waals surface area contributed by atoms with Crippen molar-refractivity contribution in [3.63, 3.8) is 0 Å². The molecule has 7 heteroatoms. The summed E-state index contributed by atoms with van der Waals surface area (Å²) in [4.78, 5) is 18.5. The number of hydrogen-bond acceptors (Lipinski definition) is 5. The van der Waals surface area contributed by atoms with E-state index in [0.717, 1.165) is 20.0 Å². The van der Waals surface area contributed by atoms with Crippen molar-refractivity contribution in [2.75, 3.05) is 13.7 Å². The molecule has 0 fully saturated rings. The maximum absolute atomic E-state index is 10.1. The number of ether oxygens (including phenoxy) is 1. The summed E-state index contributed by atoms with van der Waals surface area (Å²) < 4.78 is 4.64. The second-order valence-electron chi connectivity index (χ2n) is 1.93. The van der Waals surface area contributed by atoms with Crippen LogP contribution in [0.1, 0.15) is 26.7 Å². The number of unbranched alkanes of at least 4 members (excludes halogenated alkanes) is 1. The fraction of sp³-hybridized carbons (Fsp3) is 0.857. The Morgan fingerprint density at radius 2 is 1.86 bits per heavy atom. The van der Waals surface area contributed by atoms with Crippen LogP contribution in [0.25, 0.3) is 0 Å². The molecule has 0 atom stereocenters. The summed E-state index contributed by atoms with van der Waals surface area (Å²) in [6.07, 6.45) is 2.05. The Hall–Kier alpha value is -1.37. The van der Waals surface area contributed by atoms with Gasteiger partial charge in [0.1, 0.15) is 0 Å². The minimum atomic E-state index is -1.50. The highest BCUT2D eigenvalue weighted by molar-refractivity contribution is 5.65. The Kier molecular flexibility index (Phi) is 23.2. The first-order valence-electron chi connectivity index (χ1n) is 3.92. The van der Waals surface area contributed by atoms with Gasteiger partial charge in [0.05, 0.1) is 6.61 Å². The highest BCUT2D eigenvalue weighted by atomic mass is 16.9. The number of aliphatic hydroxyl groups excluding tert-OH is 1. The number of rotatable bonds is 3. The standard InChI is InChI=1S/C6H12O2.CH4O.HNO3/c1-3-4-5-8-6(2)7;1-2;2-1(3)4/h3-5H2,1-2H3;2H,1H3;(H,2,3,4). The molecule has 0 radical (unpaired) electrons. The van der Waals surface area contributed by atoms with Gasteiger partial charge in [-0.3, -0.25) is 4.79 Å². The van der Waals surface area contributed by atoms with E-state index in [1.165, 1.54) is 6.92 Å². The predicted octanol–water partition coefficient (Wildman–Crippen LogP) is 0.610. The molecule has 0 aliphatic carbocycles. The molecule has 0 aliphatic heterocycles. The molecule has 0 aromatic carbocycles. The van der Waals surface area contributed by atoms with Crippen LogP contribution < -0.4 is 0 Å². The quantitative estimate of drug-likeness (QED) is 0.306. The topological polar surface area (TPSA) is 110 Å². The SMILES string of the molecule is CCCCOC(C)=O.CO.O=[N+]([O-])O. The summed E-state index contributed by atoms with van der Waals surface area (Å²) in [6.45, 7) is 4.06. The maximum atomic E-state index is 10.1. The first-order valence-corrected chi connectivity index (χ1v) is 3.92. The molecule has 2 N–H and O–H groups in total. The largest absolute Gasteiger partial charge is 0.466 e. The van der Waals surface area contributed by atoms with E-state index >= 15 is 0 Å². The summed E-state index contributed by atoms with van der Waals surface area (Å²) in [7, 11) is 1.00. The Balaban J connectivity index is -0.000000170. The number of aliphatic hydroxyl groups is 1. The zero-order chi connectivity index (χ0) is 12.0. The van der Waals surface area contributed by atoms with Crippen molar-refractivity contribution in [3.8, 4) is 0 Å². The Labute approximate surface area is 82.4 Å². The van der Waals surface area contributed by atoms with Crippen molar-refractivity contribution >= 4 is 5.97 Å². The lowest BCUT2D eigenvalue weighted by Crippen LogP contribution is -1.99. The molecule has 14 heavy (non-hydrogen) atoms. The van der Waals surface area contributed by atoms with E-state index in [0.29, 0.717) is 6.61 Å². The molecule has 0 unspecified atom stereocenters. The molecule has 0 aromatic heterocycles. The van der Waals surface area contributed by atoms with Crippen molar-refractivity contribution in [3.05, 3.63) is 10.1 Å². The van der Waals surface area contributed by atoms with Gasteiger partial charge in [-0.2, -0.15) is 0 Å². The lowest BCUT2D eigenvalue weighted by atomic mass is 10.4. The Morgan fingerprint density at radius 1 is 1.50 bits per heavy atom. The predicted molar refractivity (Wildman–Crippen MR) is 48.5 cm³/mol. The smallest absolute Gasteiger partial charge is 0.302 e. The average Bonchev–Trinajstić information content (AvgIpc) is 2.07. The Morgan fingerprint density at radius 3 is 2.07 bits per heavy atom. The van der Waals surface area contributed by atoms with E-state index < -0.39 is 5.09 Å². The fourth-order valence-corrected chi connectivity index (χ4v) is 0.360. The molecule has 0 heterocycles. The zero-order valence-corrected chi connectivity index (χ0v) is 8.60. The van der Waals surface area contributed by atoms with Gasteiger partial charge in [0.2, 0.25) is 0 Å². The van der Waals surface area contributed by atoms with Crippen LogP contribution in [0, 0.1) is 10.1 Å². The lowest BCUT2D eigenvalue weighted by molar-refractivity contribution is -0.742. The molecule has 0 aliphatic rings. The molecule has 0 bridgehead atoms. The number of nitrogens with zero attached hydrogens (tertiary/aromatic N) is 1. The van der Waals surface area contributed by atoms with Crippen LogP contribution in [0.4, 0.5) is 0 Å². The summed E-state index contributed by atoms with van der Waals surface area (Å²) in [5.41, 5.74) is 0. The third kappa shape index (κ3) is 74.8. The van der Waals surface area contributed by atoms with Crippen LogP contribution in [0.5, 0.6) is 0 Å². The molecule has 0 amide bonds. The Bertz CT molecular complexity index is 134. The molecule has 0 spiro atoms. The average molecular weight is 211 g/mol. The van der Waals surface area contributed by atoms with Crippen LogP contribution >= 0.6 is 0 Å². The highest BCUT2D eigenvalue weighted by Gasteiger charge is 1.88. The zero-order valence-electron chi connectivity index (χ0n) is 8.60. The van der Waals surface area contributed by atoms with Crippen molar-refractivity contribution < 1.29 is 24.9 Å². The molecular weight excluding hydrogens is 194 g/mol. The van der Waals surface area contributed by atoms with Crippen molar-refractivity contribution in [1.82, 2.24) is 0 Å². The molecule has 7 nitrogen and oxygen atoms in total. The number of hydrogen-bond donors (Lipinski definition) is 2. The molecule has 0 saturated heterocycles. The maximum Gasteiger partial charge on any atom is 0.302 e. The van der Waals surface area contributed by atoms with Gasteiger partial charge in [-0.05, 0) is 6.42 Å². The van der Waals surface area contributed by atoms with Gasteiger partial charge in [-0.15, -0.1) is 10.1 Å². The van der Waals surface area contributed by atoms with Gasteiger partial charge in [0.25, 0.3) is 5.09 Å². The van der Waals surface area contributed by atoms with Crippen LogP contribution in [-0.4, -0.2) is 35.1 Å². The normalized spacial score (nSPS) is 7.14. The highest BCUT2D eigenvalue weighted by Crippen LogP contribution is 1.86.